The Labute approximate surface area is 108 Å². The molecule has 0 atom stereocenters. The number of anilines is 1. The van der Waals surface area contributed by atoms with E-state index in [1.807, 2.05) is 0 Å². The van der Waals surface area contributed by atoms with Gasteiger partial charge in [0.1, 0.15) is 5.82 Å². The van der Waals surface area contributed by atoms with Crippen LogP contribution in [0.2, 0.25) is 0 Å². The monoisotopic (exact) mass is 263 g/mol. The highest BCUT2D eigenvalue weighted by Gasteiger charge is 2.17. The zero-order valence-corrected chi connectivity index (χ0v) is 9.99. The lowest BCUT2D eigenvalue weighted by Gasteiger charge is -2.17. The summed E-state index contributed by atoms with van der Waals surface area (Å²) < 4.78 is 31.4. The molecule has 0 unspecified atom stereocenters. The third-order valence-electron chi connectivity index (χ3n) is 3.03. The van der Waals surface area contributed by atoms with E-state index in [0.717, 1.165) is 23.4 Å². The van der Waals surface area contributed by atoms with Crippen LogP contribution in [0.25, 0.3) is 11.4 Å². The second-order valence-corrected chi connectivity index (χ2v) is 4.29. The number of benzene rings is 1. The van der Waals surface area contributed by atoms with Crippen LogP contribution in [-0.2, 0) is 17.8 Å². The quantitative estimate of drug-likeness (QED) is 0.855. The summed E-state index contributed by atoms with van der Waals surface area (Å²) in [6.45, 7) is 0.958. The number of aromatic nitrogens is 2. The first-order valence-corrected chi connectivity index (χ1v) is 5.83. The van der Waals surface area contributed by atoms with E-state index in [-0.39, 0.29) is 0 Å². The third kappa shape index (κ3) is 2.15. The van der Waals surface area contributed by atoms with Gasteiger partial charge in [-0.3, -0.25) is 0 Å². The number of hydrogen-bond acceptors (Lipinski definition) is 4. The lowest BCUT2D eigenvalue weighted by molar-refractivity contribution is 0.109. The number of nitrogen functional groups attached to an aromatic ring is 1. The van der Waals surface area contributed by atoms with Crippen molar-refractivity contribution in [2.24, 2.45) is 0 Å². The van der Waals surface area contributed by atoms with Gasteiger partial charge in [-0.15, -0.1) is 0 Å². The summed E-state index contributed by atoms with van der Waals surface area (Å²) in [5.74, 6) is -1.20. The lowest BCUT2D eigenvalue weighted by atomic mass is 10.1. The molecule has 2 N–H and O–H groups in total. The highest BCUT2D eigenvalue weighted by Crippen LogP contribution is 2.25. The van der Waals surface area contributed by atoms with Gasteiger partial charge in [-0.25, -0.2) is 18.7 Å². The first-order valence-electron chi connectivity index (χ1n) is 5.83. The van der Waals surface area contributed by atoms with E-state index in [4.69, 9.17) is 10.5 Å². The van der Waals surface area contributed by atoms with Crippen LogP contribution >= 0.6 is 0 Å². The summed E-state index contributed by atoms with van der Waals surface area (Å²) >= 11 is 0. The molecule has 0 amide bonds. The Morgan fingerprint density at radius 2 is 2.00 bits per heavy atom. The predicted octanol–water partition coefficient (Wildman–Crippen LogP) is 2.08. The number of nitrogens with two attached hydrogens (primary N) is 1. The molecule has 98 valence electrons. The Hall–Kier alpha value is -2.08. The summed E-state index contributed by atoms with van der Waals surface area (Å²) in [6, 6.07) is 3.54. The average molecular weight is 263 g/mol. The van der Waals surface area contributed by atoms with Crippen molar-refractivity contribution in [1.29, 1.82) is 0 Å². The molecule has 1 aromatic carbocycles. The van der Waals surface area contributed by atoms with E-state index < -0.39 is 11.6 Å². The van der Waals surface area contributed by atoms with E-state index in [9.17, 15) is 8.78 Å². The van der Waals surface area contributed by atoms with Gasteiger partial charge in [0, 0.05) is 17.5 Å². The van der Waals surface area contributed by atoms with Gasteiger partial charge in [-0.2, -0.15) is 0 Å². The molecule has 3 rings (SSSR count). The molecule has 0 saturated heterocycles. The van der Waals surface area contributed by atoms with Crippen molar-refractivity contribution in [3.63, 3.8) is 0 Å². The van der Waals surface area contributed by atoms with Crippen molar-refractivity contribution in [3.05, 3.63) is 41.1 Å². The minimum atomic E-state index is -0.930. The topological polar surface area (TPSA) is 61.0 Å². The van der Waals surface area contributed by atoms with Crippen LogP contribution in [0.3, 0.4) is 0 Å². The van der Waals surface area contributed by atoms with Gasteiger partial charge in [-0.1, -0.05) is 0 Å². The van der Waals surface area contributed by atoms with Crippen LogP contribution in [0.4, 0.5) is 14.6 Å². The zero-order valence-electron chi connectivity index (χ0n) is 9.99. The van der Waals surface area contributed by atoms with Gasteiger partial charge in [0.15, 0.2) is 17.5 Å². The van der Waals surface area contributed by atoms with Crippen molar-refractivity contribution in [2.45, 2.75) is 13.0 Å². The Kier molecular flexibility index (Phi) is 2.87. The van der Waals surface area contributed by atoms with E-state index in [0.29, 0.717) is 36.8 Å². The highest BCUT2D eigenvalue weighted by molar-refractivity contribution is 5.59. The molecule has 1 aliphatic heterocycles. The molecule has 0 spiro atoms. The smallest absolute Gasteiger partial charge is 0.161 e. The number of nitrogens with zero attached hydrogens (tertiary/aromatic N) is 2. The maximum Gasteiger partial charge on any atom is 0.161 e. The van der Waals surface area contributed by atoms with Crippen LogP contribution in [0.15, 0.2) is 18.2 Å². The van der Waals surface area contributed by atoms with Crippen molar-refractivity contribution in [2.75, 3.05) is 12.3 Å². The molecule has 2 heterocycles. The highest BCUT2D eigenvalue weighted by atomic mass is 19.2. The molecular weight excluding hydrogens is 252 g/mol. The molecule has 0 radical (unpaired) electrons. The molecule has 0 fully saturated rings. The second-order valence-electron chi connectivity index (χ2n) is 4.29. The van der Waals surface area contributed by atoms with Crippen molar-refractivity contribution in [3.8, 4) is 11.4 Å². The van der Waals surface area contributed by atoms with Gasteiger partial charge in [-0.05, 0) is 18.2 Å². The zero-order chi connectivity index (χ0) is 13.4. The van der Waals surface area contributed by atoms with Crippen molar-refractivity contribution in [1.82, 2.24) is 9.97 Å². The Balaban J connectivity index is 2.10. The number of halogens is 2. The van der Waals surface area contributed by atoms with Gasteiger partial charge in [0.05, 0.1) is 18.9 Å². The molecule has 1 aliphatic rings. The van der Waals surface area contributed by atoms with Crippen LogP contribution in [0, 0.1) is 11.6 Å². The van der Waals surface area contributed by atoms with Gasteiger partial charge < -0.3 is 10.5 Å². The number of ether oxygens (including phenoxy) is 1. The Morgan fingerprint density at radius 3 is 2.79 bits per heavy atom. The fraction of sp³-hybridized carbons (Fsp3) is 0.231. The lowest BCUT2D eigenvalue weighted by Crippen LogP contribution is -2.16. The number of rotatable bonds is 1. The van der Waals surface area contributed by atoms with Crippen LogP contribution in [0.1, 0.15) is 11.3 Å². The average Bonchev–Trinajstić information content (AvgIpc) is 2.42. The molecule has 0 aliphatic carbocycles. The van der Waals surface area contributed by atoms with Crippen molar-refractivity contribution >= 4 is 5.82 Å². The molecule has 6 heteroatoms. The molecule has 19 heavy (non-hydrogen) atoms. The Bertz CT molecular complexity index is 646. The van der Waals surface area contributed by atoms with Gasteiger partial charge in [0.2, 0.25) is 0 Å². The van der Waals surface area contributed by atoms with E-state index in [2.05, 4.69) is 9.97 Å². The molecular formula is C13H11F2N3O. The largest absolute Gasteiger partial charge is 0.383 e. The maximum absolute atomic E-state index is 13.2. The number of hydrogen-bond donors (Lipinski definition) is 1. The first kappa shape index (κ1) is 12.0. The fourth-order valence-corrected chi connectivity index (χ4v) is 2.02. The second kappa shape index (κ2) is 4.55. The van der Waals surface area contributed by atoms with Crippen molar-refractivity contribution < 1.29 is 13.5 Å². The van der Waals surface area contributed by atoms with Gasteiger partial charge >= 0.3 is 0 Å². The third-order valence-corrected chi connectivity index (χ3v) is 3.03. The van der Waals surface area contributed by atoms with Crippen LogP contribution in [0.5, 0.6) is 0 Å². The molecule has 1 aromatic heterocycles. The molecule has 0 saturated carbocycles. The summed E-state index contributed by atoms with van der Waals surface area (Å²) in [5, 5.41) is 0. The fourth-order valence-electron chi connectivity index (χ4n) is 2.02. The summed E-state index contributed by atoms with van der Waals surface area (Å²) in [6.07, 6.45) is 0.638. The van der Waals surface area contributed by atoms with E-state index in [1.165, 1.54) is 6.07 Å². The van der Waals surface area contributed by atoms with E-state index in [1.54, 1.807) is 0 Å². The SMILES string of the molecule is Nc1nc(-c2ccc(F)c(F)c2)nc2c1COCC2. The Morgan fingerprint density at radius 1 is 1.16 bits per heavy atom. The predicted molar refractivity (Wildman–Crippen MR) is 65.2 cm³/mol. The number of fused-ring (bicyclic) bond motifs is 1. The minimum Gasteiger partial charge on any atom is -0.383 e. The maximum atomic E-state index is 13.2. The molecule has 0 bridgehead atoms. The standard InChI is InChI=1S/C13H11F2N3O/c14-9-2-1-7(5-10(9)15)13-17-11-3-4-19-6-8(11)12(16)18-13/h1-2,5H,3-4,6H2,(H2,16,17,18). The van der Waals surface area contributed by atoms with Crippen LogP contribution in [-0.4, -0.2) is 16.6 Å². The van der Waals surface area contributed by atoms with Crippen LogP contribution < -0.4 is 5.73 Å². The van der Waals surface area contributed by atoms with E-state index >= 15 is 0 Å². The van der Waals surface area contributed by atoms with Gasteiger partial charge in [0.25, 0.3) is 0 Å². The molecule has 2 aromatic rings. The summed E-state index contributed by atoms with van der Waals surface area (Å²) in [4.78, 5) is 8.48. The normalized spacial score (nSPS) is 14.2. The summed E-state index contributed by atoms with van der Waals surface area (Å²) in [5.41, 5.74) is 7.83. The first-order chi connectivity index (χ1) is 9.15. The molecule has 4 nitrogen and oxygen atoms in total. The minimum absolute atomic E-state index is 0.303. The summed E-state index contributed by atoms with van der Waals surface area (Å²) in [7, 11) is 0.